The van der Waals surface area contributed by atoms with Crippen LogP contribution in [0, 0.1) is 17.0 Å². The molecule has 64 heavy (non-hydrogen) atoms. The van der Waals surface area contributed by atoms with Gasteiger partial charge in [-0.2, -0.15) is 26.7 Å². The number of aliphatic carboxylic acids is 1. The van der Waals surface area contributed by atoms with E-state index in [9.17, 15) is 36.7 Å². The smallest absolute Gasteiger partial charge is 0.490 e. The second kappa shape index (κ2) is 21.5. The minimum Gasteiger partial charge on any atom is -0.619 e. The van der Waals surface area contributed by atoms with Crippen molar-refractivity contribution in [1.82, 2.24) is 10.2 Å². The van der Waals surface area contributed by atoms with Crippen LogP contribution in [0.25, 0.3) is 0 Å². The number of carboxylic acids is 1. The predicted octanol–water partition coefficient (Wildman–Crippen LogP) is 8.27. The molecule has 2 bridgehead atoms. The number of hydrogen-bond donors (Lipinski definition) is 2. The molecule has 3 saturated heterocycles. The van der Waals surface area contributed by atoms with Crippen molar-refractivity contribution in [3.05, 3.63) is 122 Å². The van der Waals surface area contributed by atoms with Gasteiger partial charge in [0, 0.05) is 25.1 Å². The summed E-state index contributed by atoms with van der Waals surface area (Å²) < 4.78 is 87.1. The topological polar surface area (TPSA) is 160 Å². The second-order valence-corrected chi connectivity index (χ2v) is 16.3. The summed E-state index contributed by atoms with van der Waals surface area (Å²) in [7, 11) is 1.56. The third-order valence-electron chi connectivity index (χ3n) is 10.9. The summed E-state index contributed by atoms with van der Waals surface area (Å²) in [6, 6.07) is 17.5. The van der Waals surface area contributed by atoms with E-state index in [4.69, 9.17) is 56.8 Å². The molecule has 0 radical (unpaired) electrons. The lowest BCUT2D eigenvalue weighted by molar-refractivity contribution is -0.605. The SMILES string of the molecule is COc1cccc(C(NCc2cccc(C(=O)O[C@@H](Cc3c(Cl)c[n+]([O-])cc3Cl)c3ccc(OC(F)F)c(OCC4CC4)c3)c2)C(=O)O[C@H]2CN3CCC2CC3)c1.O=C(O)C(F)(F)F. The molecule has 1 unspecified atom stereocenters. The number of pyridine rings is 1. The Balaban J connectivity index is 0.000000898. The number of nitrogens with one attached hydrogen (secondary N) is 1. The zero-order valence-electron chi connectivity index (χ0n) is 34.2. The van der Waals surface area contributed by atoms with Crippen LogP contribution < -0.4 is 24.3 Å². The van der Waals surface area contributed by atoms with E-state index in [1.807, 2.05) is 18.2 Å². The van der Waals surface area contributed by atoms with Gasteiger partial charge >= 0.3 is 30.7 Å². The molecule has 4 fully saturated rings. The average Bonchev–Trinajstić information content (AvgIpc) is 4.09. The van der Waals surface area contributed by atoms with Crippen molar-refractivity contribution in [2.45, 2.75) is 69.7 Å². The summed E-state index contributed by atoms with van der Waals surface area (Å²) >= 11 is 12.9. The number of benzene rings is 3. The summed E-state index contributed by atoms with van der Waals surface area (Å²) in [4.78, 5) is 39.0. The molecule has 20 heteroatoms. The van der Waals surface area contributed by atoms with E-state index in [0.717, 1.165) is 57.7 Å². The highest BCUT2D eigenvalue weighted by Gasteiger charge is 2.39. The van der Waals surface area contributed by atoms with E-state index in [0.29, 0.717) is 51.2 Å². The number of piperidine rings is 3. The number of esters is 2. The number of carbonyl (C=O) groups excluding carboxylic acids is 2. The number of alkyl halides is 5. The van der Waals surface area contributed by atoms with Crippen molar-refractivity contribution in [1.29, 1.82) is 0 Å². The number of aromatic nitrogens is 1. The highest BCUT2D eigenvalue weighted by Crippen LogP contribution is 2.38. The van der Waals surface area contributed by atoms with Crippen LogP contribution in [0.1, 0.15) is 70.4 Å². The number of halogens is 7. The Kier molecular flexibility index (Phi) is 16.1. The van der Waals surface area contributed by atoms with Gasteiger partial charge in [-0.3, -0.25) is 10.2 Å². The zero-order valence-corrected chi connectivity index (χ0v) is 35.7. The van der Waals surface area contributed by atoms with Crippen LogP contribution in [0.4, 0.5) is 22.0 Å². The third-order valence-corrected chi connectivity index (χ3v) is 11.5. The fourth-order valence-corrected chi connectivity index (χ4v) is 7.91. The molecule has 1 aromatic heterocycles. The number of fused-ring (bicyclic) bond motifs is 3. The van der Waals surface area contributed by atoms with Gasteiger partial charge < -0.3 is 34.0 Å². The average molecular weight is 941 g/mol. The molecule has 3 aromatic carbocycles. The van der Waals surface area contributed by atoms with E-state index < -0.39 is 42.8 Å². The van der Waals surface area contributed by atoms with Crippen LogP contribution >= 0.6 is 23.2 Å². The van der Waals surface area contributed by atoms with Crippen LogP contribution in [-0.2, 0) is 32.0 Å². The normalized spacial score (nSPS) is 18.9. The van der Waals surface area contributed by atoms with Crippen LogP contribution in [-0.4, -0.2) is 80.2 Å². The van der Waals surface area contributed by atoms with Gasteiger partial charge in [-0.15, -0.1) is 0 Å². The minimum atomic E-state index is -5.08. The molecule has 3 atom stereocenters. The molecule has 2 N–H and O–H groups in total. The van der Waals surface area contributed by atoms with Gasteiger partial charge in [0.05, 0.1) is 19.3 Å². The lowest BCUT2D eigenvalue weighted by atomic mass is 9.86. The number of carboxylic acid groups (broad SMARTS) is 1. The Morgan fingerprint density at radius 1 is 0.938 bits per heavy atom. The summed E-state index contributed by atoms with van der Waals surface area (Å²) in [6.07, 6.45) is -0.189. The Hall–Kier alpha value is -5.43. The Labute approximate surface area is 374 Å². The van der Waals surface area contributed by atoms with E-state index in [-0.39, 0.29) is 46.2 Å². The van der Waals surface area contributed by atoms with Gasteiger partial charge in [-0.1, -0.05) is 53.5 Å². The van der Waals surface area contributed by atoms with Crippen LogP contribution in [0.2, 0.25) is 10.0 Å². The molecule has 4 aliphatic rings. The standard InChI is InChI=1S/C42H43Cl2F2N3O8.C2HF3O2/c1-53-31-7-3-5-29(17-31)39(41(51)56-38-23-48-14-12-27(38)13-15-48)47-20-26-4-2-6-30(16-26)40(50)55-36(19-32-33(43)21-49(52)22-34(32)44)28-10-11-35(57-42(45)46)37(18-28)54-24-25-8-9-25;3-2(4,5)1(6)7/h2-7,10-11,16-18,21-22,25,27,36,38-39,42,47H,8-9,12-15,19-20,23-24H2,1H3;(H,6,7)/t36-,38-,39?;/m0./s1. The fraction of sp³-hybridized carbons (Fsp3) is 0.409. The second-order valence-electron chi connectivity index (χ2n) is 15.4. The van der Waals surface area contributed by atoms with E-state index in [1.54, 1.807) is 37.4 Å². The third kappa shape index (κ3) is 13.3. The lowest BCUT2D eigenvalue weighted by Gasteiger charge is -2.44. The molecular weight excluding hydrogens is 896 g/mol. The Bertz CT molecular complexity index is 2250. The van der Waals surface area contributed by atoms with Crippen LogP contribution in [0.5, 0.6) is 17.2 Å². The van der Waals surface area contributed by atoms with Gasteiger partial charge in [-0.25, -0.2) is 14.4 Å². The predicted molar refractivity (Wildman–Crippen MR) is 220 cm³/mol. The number of hydrogen-bond acceptors (Lipinski definition) is 11. The minimum absolute atomic E-state index is 0.0482. The highest BCUT2D eigenvalue weighted by atomic mass is 35.5. The largest absolute Gasteiger partial charge is 0.619 e. The number of methoxy groups -OCH3 is 1. The maximum Gasteiger partial charge on any atom is 0.490 e. The molecule has 8 rings (SSSR count). The van der Waals surface area contributed by atoms with Gasteiger partial charge in [-0.05, 0) is 104 Å². The van der Waals surface area contributed by atoms with Gasteiger partial charge in [0.15, 0.2) is 23.9 Å². The fourth-order valence-electron chi connectivity index (χ4n) is 7.31. The molecule has 344 valence electrons. The number of rotatable bonds is 17. The first-order chi connectivity index (χ1) is 30.5. The van der Waals surface area contributed by atoms with Crippen molar-refractivity contribution < 1.29 is 69.9 Å². The van der Waals surface area contributed by atoms with Gasteiger partial charge in [0.25, 0.3) is 0 Å². The van der Waals surface area contributed by atoms with Gasteiger partial charge in [0.2, 0.25) is 0 Å². The maximum absolute atomic E-state index is 13.9. The Morgan fingerprint density at radius 2 is 1.62 bits per heavy atom. The first-order valence-electron chi connectivity index (χ1n) is 20.2. The number of ether oxygens (including phenoxy) is 5. The summed E-state index contributed by atoms with van der Waals surface area (Å²) in [5.74, 6) is -2.72. The number of carbonyl (C=O) groups is 3. The lowest BCUT2D eigenvalue weighted by Crippen LogP contribution is -2.52. The van der Waals surface area contributed by atoms with Crippen molar-refractivity contribution in [3.63, 3.8) is 0 Å². The van der Waals surface area contributed by atoms with Crippen molar-refractivity contribution >= 4 is 41.1 Å². The molecule has 3 aliphatic heterocycles. The van der Waals surface area contributed by atoms with E-state index in [2.05, 4.69) is 10.2 Å². The summed E-state index contributed by atoms with van der Waals surface area (Å²) in [6.45, 7) is 0.170. The van der Waals surface area contributed by atoms with Crippen molar-refractivity contribution in [2.75, 3.05) is 33.4 Å². The van der Waals surface area contributed by atoms with Crippen molar-refractivity contribution in [3.8, 4) is 17.2 Å². The van der Waals surface area contributed by atoms with E-state index in [1.165, 1.54) is 18.2 Å². The molecule has 4 aromatic rings. The highest BCUT2D eigenvalue weighted by molar-refractivity contribution is 6.35. The summed E-state index contributed by atoms with van der Waals surface area (Å²) in [5.41, 5.74) is 2.29. The van der Waals surface area contributed by atoms with E-state index >= 15 is 0 Å². The monoisotopic (exact) mass is 939 g/mol. The zero-order chi connectivity index (χ0) is 46.1. The van der Waals surface area contributed by atoms with Crippen LogP contribution in [0.15, 0.2) is 79.1 Å². The summed E-state index contributed by atoms with van der Waals surface area (Å²) in [5, 5.41) is 22.6. The van der Waals surface area contributed by atoms with Crippen molar-refractivity contribution in [2.24, 2.45) is 11.8 Å². The molecule has 1 saturated carbocycles. The maximum atomic E-state index is 13.9. The number of nitrogens with zero attached hydrogens (tertiary/aromatic N) is 2. The molecular formula is C44H44Cl2F5N3O10. The Morgan fingerprint density at radius 3 is 2.23 bits per heavy atom. The molecule has 1 aliphatic carbocycles. The van der Waals surface area contributed by atoms with Crippen LogP contribution in [0.3, 0.4) is 0 Å². The first kappa shape index (κ1) is 48.0. The molecule has 0 spiro atoms. The molecule has 13 nitrogen and oxygen atoms in total. The quantitative estimate of drug-likeness (QED) is 0.0453. The molecule has 4 heterocycles. The van der Waals surface area contributed by atoms with Gasteiger partial charge in [0.1, 0.15) is 34.0 Å². The first-order valence-corrected chi connectivity index (χ1v) is 20.9. The molecule has 0 amide bonds.